The Morgan fingerprint density at radius 3 is 2.81 bits per heavy atom. The molecule has 0 spiro atoms. The molecule has 0 saturated heterocycles. The van der Waals surface area contributed by atoms with Crippen molar-refractivity contribution in [2.75, 3.05) is 0 Å². The summed E-state index contributed by atoms with van der Waals surface area (Å²) in [5.74, 6) is 2.37. The van der Waals surface area contributed by atoms with Crippen molar-refractivity contribution in [1.82, 2.24) is 19.7 Å². The number of thioether (sulfide) groups is 1. The molecule has 136 valence electrons. The third-order valence-electron chi connectivity index (χ3n) is 4.05. The van der Waals surface area contributed by atoms with Crippen LogP contribution in [0.4, 0.5) is 0 Å². The molecule has 0 aliphatic rings. The molecule has 3 aromatic heterocycles. The SMILES string of the molecule is C=CCn1c(SCc2csc(-c3ccccc3)n2)nnc1-c1ccoc1C. The van der Waals surface area contributed by atoms with Gasteiger partial charge in [-0.3, -0.25) is 4.57 Å². The van der Waals surface area contributed by atoms with E-state index in [1.807, 2.05) is 37.3 Å². The van der Waals surface area contributed by atoms with Crippen LogP contribution in [0.2, 0.25) is 0 Å². The maximum absolute atomic E-state index is 5.41. The Balaban J connectivity index is 1.53. The van der Waals surface area contributed by atoms with E-state index in [0.717, 1.165) is 44.3 Å². The summed E-state index contributed by atoms with van der Waals surface area (Å²) >= 11 is 3.29. The fourth-order valence-corrected chi connectivity index (χ4v) is 4.50. The number of nitrogens with zero attached hydrogens (tertiary/aromatic N) is 4. The smallest absolute Gasteiger partial charge is 0.192 e. The summed E-state index contributed by atoms with van der Waals surface area (Å²) in [6.45, 7) is 6.42. The van der Waals surface area contributed by atoms with E-state index >= 15 is 0 Å². The van der Waals surface area contributed by atoms with Gasteiger partial charge in [-0.05, 0) is 13.0 Å². The summed E-state index contributed by atoms with van der Waals surface area (Å²) < 4.78 is 7.47. The predicted octanol–water partition coefficient (Wildman–Crippen LogP) is 5.45. The highest BCUT2D eigenvalue weighted by molar-refractivity contribution is 7.98. The maximum Gasteiger partial charge on any atom is 0.192 e. The van der Waals surface area contributed by atoms with Gasteiger partial charge in [0.2, 0.25) is 0 Å². The molecule has 5 nitrogen and oxygen atoms in total. The molecule has 0 saturated carbocycles. The second kappa shape index (κ2) is 7.94. The maximum atomic E-state index is 5.41. The lowest BCUT2D eigenvalue weighted by atomic mass is 10.2. The minimum absolute atomic E-state index is 0.640. The highest BCUT2D eigenvalue weighted by Crippen LogP contribution is 2.30. The number of allylic oxidation sites excluding steroid dienone is 1. The Kier molecular flexibility index (Phi) is 5.22. The molecule has 0 unspecified atom stereocenters. The van der Waals surface area contributed by atoms with E-state index in [2.05, 4.69) is 38.9 Å². The molecular weight excluding hydrogens is 376 g/mol. The molecule has 0 fully saturated rings. The van der Waals surface area contributed by atoms with Gasteiger partial charge < -0.3 is 4.42 Å². The molecule has 0 bridgehead atoms. The zero-order chi connectivity index (χ0) is 18.6. The number of thiazole rings is 1. The molecule has 0 aliphatic carbocycles. The van der Waals surface area contributed by atoms with Crippen molar-refractivity contribution in [2.45, 2.75) is 24.4 Å². The number of rotatable bonds is 7. The van der Waals surface area contributed by atoms with Gasteiger partial charge >= 0.3 is 0 Å². The van der Waals surface area contributed by atoms with Crippen LogP contribution in [0.1, 0.15) is 11.5 Å². The van der Waals surface area contributed by atoms with E-state index in [0.29, 0.717) is 6.54 Å². The van der Waals surface area contributed by atoms with Gasteiger partial charge in [-0.1, -0.05) is 48.2 Å². The van der Waals surface area contributed by atoms with E-state index in [1.54, 1.807) is 29.4 Å². The number of furan rings is 1. The van der Waals surface area contributed by atoms with Crippen LogP contribution < -0.4 is 0 Å². The Hall–Kier alpha value is -2.64. The molecule has 0 aliphatic heterocycles. The summed E-state index contributed by atoms with van der Waals surface area (Å²) in [6.07, 6.45) is 3.52. The van der Waals surface area contributed by atoms with Crippen molar-refractivity contribution in [1.29, 1.82) is 0 Å². The Bertz CT molecular complexity index is 1050. The number of hydrogen-bond donors (Lipinski definition) is 0. The van der Waals surface area contributed by atoms with Crippen molar-refractivity contribution in [3.05, 3.63) is 72.2 Å². The van der Waals surface area contributed by atoms with Crippen LogP contribution in [0.25, 0.3) is 22.0 Å². The summed E-state index contributed by atoms with van der Waals surface area (Å²) in [5.41, 5.74) is 3.14. The van der Waals surface area contributed by atoms with Gasteiger partial charge in [-0.25, -0.2) is 4.98 Å². The molecule has 0 N–H and O–H groups in total. The van der Waals surface area contributed by atoms with Crippen molar-refractivity contribution >= 4 is 23.1 Å². The monoisotopic (exact) mass is 394 g/mol. The molecule has 0 radical (unpaired) electrons. The van der Waals surface area contributed by atoms with Crippen LogP contribution >= 0.6 is 23.1 Å². The van der Waals surface area contributed by atoms with Crippen molar-refractivity contribution in [2.24, 2.45) is 0 Å². The highest BCUT2D eigenvalue weighted by Gasteiger charge is 2.17. The van der Waals surface area contributed by atoms with E-state index in [4.69, 9.17) is 9.40 Å². The third-order valence-corrected chi connectivity index (χ3v) is 5.99. The topological polar surface area (TPSA) is 56.7 Å². The fourth-order valence-electron chi connectivity index (χ4n) is 2.73. The number of aromatic nitrogens is 4. The second-order valence-electron chi connectivity index (χ2n) is 5.89. The van der Waals surface area contributed by atoms with Gasteiger partial charge in [0.1, 0.15) is 10.8 Å². The Labute approximate surface area is 165 Å². The average molecular weight is 395 g/mol. The highest BCUT2D eigenvalue weighted by atomic mass is 32.2. The van der Waals surface area contributed by atoms with Gasteiger partial charge in [0.25, 0.3) is 0 Å². The minimum atomic E-state index is 0.640. The zero-order valence-corrected chi connectivity index (χ0v) is 16.5. The minimum Gasteiger partial charge on any atom is -0.469 e. The van der Waals surface area contributed by atoms with Crippen molar-refractivity contribution in [3.63, 3.8) is 0 Å². The van der Waals surface area contributed by atoms with Gasteiger partial charge in [-0.15, -0.1) is 28.1 Å². The van der Waals surface area contributed by atoms with E-state index < -0.39 is 0 Å². The average Bonchev–Trinajstić information content (AvgIpc) is 3.41. The molecule has 3 heterocycles. The normalized spacial score (nSPS) is 11.0. The van der Waals surface area contributed by atoms with E-state index in [1.165, 1.54) is 0 Å². The largest absolute Gasteiger partial charge is 0.469 e. The summed E-state index contributed by atoms with van der Waals surface area (Å²) in [4.78, 5) is 4.75. The van der Waals surface area contributed by atoms with Crippen LogP contribution in [0, 0.1) is 6.92 Å². The molecule has 7 heteroatoms. The third kappa shape index (κ3) is 3.74. The second-order valence-corrected chi connectivity index (χ2v) is 7.70. The first-order valence-electron chi connectivity index (χ1n) is 8.47. The van der Waals surface area contributed by atoms with Crippen LogP contribution in [0.15, 0.2) is 70.3 Å². The molecular formula is C20H18N4OS2. The number of benzene rings is 1. The van der Waals surface area contributed by atoms with E-state index in [-0.39, 0.29) is 0 Å². The molecule has 27 heavy (non-hydrogen) atoms. The molecule has 0 atom stereocenters. The Morgan fingerprint density at radius 2 is 2.07 bits per heavy atom. The number of hydrogen-bond acceptors (Lipinski definition) is 6. The summed E-state index contributed by atoms with van der Waals surface area (Å²) in [6, 6.07) is 12.1. The standard InChI is InChI=1S/C20H18N4OS2/c1-3-10-24-18(17-9-11-25-14(17)2)22-23-20(24)27-13-16-12-26-19(21-16)15-7-5-4-6-8-15/h3-9,11-12H,1,10,13H2,2H3. The quantitative estimate of drug-likeness (QED) is 0.308. The molecule has 4 aromatic rings. The lowest BCUT2D eigenvalue weighted by molar-refractivity contribution is 0.534. The fraction of sp³-hybridized carbons (Fsp3) is 0.150. The van der Waals surface area contributed by atoms with Crippen LogP contribution in [0.3, 0.4) is 0 Å². The van der Waals surface area contributed by atoms with Crippen LogP contribution in [-0.4, -0.2) is 19.7 Å². The summed E-state index contributed by atoms with van der Waals surface area (Å²) in [7, 11) is 0. The first-order valence-corrected chi connectivity index (χ1v) is 10.3. The van der Waals surface area contributed by atoms with Crippen LogP contribution in [-0.2, 0) is 12.3 Å². The van der Waals surface area contributed by atoms with Gasteiger partial charge in [-0.2, -0.15) is 0 Å². The lowest BCUT2D eigenvalue weighted by Crippen LogP contribution is -2.00. The zero-order valence-electron chi connectivity index (χ0n) is 14.8. The first kappa shape index (κ1) is 17.8. The molecule has 4 rings (SSSR count). The summed E-state index contributed by atoms with van der Waals surface area (Å²) in [5, 5.41) is 12.7. The number of aryl methyl sites for hydroxylation is 1. The first-order chi connectivity index (χ1) is 13.3. The van der Waals surface area contributed by atoms with Gasteiger partial charge in [0.15, 0.2) is 11.0 Å². The molecule has 1 aromatic carbocycles. The lowest BCUT2D eigenvalue weighted by Gasteiger charge is -2.06. The van der Waals surface area contributed by atoms with Crippen molar-refractivity contribution < 1.29 is 4.42 Å². The van der Waals surface area contributed by atoms with Crippen LogP contribution in [0.5, 0.6) is 0 Å². The van der Waals surface area contributed by atoms with Gasteiger partial charge in [0.05, 0.1) is 17.5 Å². The Morgan fingerprint density at radius 1 is 1.22 bits per heavy atom. The van der Waals surface area contributed by atoms with Gasteiger partial charge in [0, 0.05) is 23.2 Å². The van der Waals surface area contributed by atoms with Crippen molar-refractivity contribution in [3.8, 4) is 22.0 Å². The molecule has 0 amide bonds. The predicted molar refractivity (Wildman–Crippen MR) is 110 cm³/mol. The van der Waals surface area contributed by atoms with E-state index in [9.17, 15) is 0 Å².